The molecule has 1 aliphatic carbocycles. The van der Waals surface area contributed by atoms with Gasteiger partial charge in [-0.25, -0.2) is 0 Å². The number of nitrogens with zero attached hydrogens (tertiary/aromatic N) is 1. The highest BCUT2D eigenvalue weighted by Gasteiger charge is 2.32. The van der Waals surface area contributed by atoms with Crippen LogP contribution in [0.2, 0.25) is 10.0 Å². The quantitative estimate of drug-likeness (QED) is 0.515. The molecule has 0 aromatic heterocycles. The van der Waals surface area contributed by atoms with Gasteiger partial charge in [0.15, 0.2) is 0 Å². The highest BCUT2D eigenvalue weighted by molar-refractivity contribution is 6.46. The minimum atomic E-state index is 0.152. The molecule has 1 atom stereocenters. The van der Waals surface area contributed by atoms with Crippen LogP contribution in [0.5, 0.6) is 0 Å². The number of allylic oxidation sites excluding steroid dienone is 2. The summed E-state index contributed by atoms with van der Waals surface area (Å²) < 4.78 is 0. The maximum Gasteiger partial charge on any atom is 0.139 e. The first-order valence-electron chi connectivity index (χ1n) is 12.0. The minimum Gasteiger partial charge on any atom is -0.331 e. The zero-order chi connectivity index (χ0) is 23.4. The molecule has 0 saturated carbocycles. The second-order valence-electron chi connectivity index (χ2n) is 9.20. The van der Waals surface area contributed by atoms with Crippen LogP contribution in [0, 0.1) is 0 Å². The third kappa shape index (κ3) is 5.20. The van der Waals surface area contributed by atoms with Crippen LogP contribution in [0.15, 0.2) is 58.4 Å². The first-order chi connectivity index (χ1) is 15.3. The van der Waals surface area contributed by atoms with E-state index in [1.54, 1.807) is 0 Å². The molecule has 0 heterocycles. The van der Waals surface area contributed by atoms with Gasteiger partial charge in [-0.15, -0.1) is 0 Å². The average molecular weight is 462 g/mol. The number of aryl methyl sites for hydroxylation is 1. The van der Waals surface area contributed by atoms with E-state index in [0.717, 1.165) is 29.7 Å². The predicted octanol–water partition coefficient (Wildman–Crippen LogP) is 3.67. The molecule has 3 rings (SSSR count). The van der Waals surface area contributed by atoms with Crippen LogP contribution in [0.4, 0.5) is 11.4 Å². The lowest BCUT2D eigenvalue weighted by atomic mass is 9.76. The summed E-state index contributed by atoms with van der Waals surface area (Å²) in [7, 11) is 8.93. The molecule has 1 aliphatic rings. The number of hydrogen-bond donors (Lipinski definition) is 0. The van der Waals surface area contributed by atoms with Crippen molar-refractivity contribution in [3.8, 4) is 0 Å². The van der Waals surface area contributed by atoms with Crippen molar-refractivity contribution < 1.29 is 0 Å². The molecule has 0 N–H and O–H groups in total. The van der Waals surface area contributed by atoms with Gasteiger partial charge >= 0.3 is 0 Å². The Kier molecular flexibility index (Phi) is 8.75. The van der Waals surface area contributed by atoms with Gasteiger partial charge in [-0.05, 0) is 55.5 Å². The van der Waals surface area contributed by atoms with E-state index in [0.29, 0.717) is 10.0 Å². The summed E-state index contributed by atoms with van der Waals surface area (Å²) >= 11 is 13.4. The van der Waals surface area contributed by atoms with Crippen LogP contribution in [-0.4, -0.2) is 37.4 Å². The van der Waals surface area contributed by atoms with E-state index in [1.165, 1.54) is 53.2 Å². The molecular weight excluding hydrogens is 428 g/mol. The van der Waals surface area contributed by atoms with Crippen molar-refractivity contribution in [3.05, 3.63) is 74.0 Å². The second-order valence-corrected chi connectivity index (χ2v) is 9.98. The van der Waals surface area contributed by atoms with Crippen LogP contribution in [0.3, 0.4) is 0 Å². The Hall–Kier alpha value is -1.44. The zero-order valence-electron chi connectivity index (χ0n) is 20.5. The SMILES string of the molecule is BC1=C(B)C(N(c2ccc(CCCC)cc2)c2cc(B)cc(Cl)c2Cl)C(B)=C1CCCC. The Morgan fingerprint density at radius 2 is 1.47 bits per heavy atom. The van der Waals surface area contributed by atoms with Gasteiger partial charge in [0, 0.05) is 5.69 Å². The molecule has 0 saturated heterocycles. The summed E-state index contributed by atoms with van der Waals surface area (Å²) in [6, 6.07) is 13.3. The first-order valence-corrected chi connectivity index (χ1v) is 12.8. The highest BCUT2D eigenvalue weighted by Crippen LogP contribution is 2.43. The fourth-order valence-electron chi connectivity index (χ4n) is 4.87. The lowest BCUT2D eigenvalue weighted by Crippen LogP contribution is -2.34. The van der Waals surface area contributed by atoms with Gasteiger partial charge in [0.05, 0.1) is 21.8 Å². The fraction of sp³-hybridized carbons (Fsp3) is 0.360. The van der Waals surface area contributed by atoms with E-state index in [1.807, 2.05) is 6.07 Å². The first kappa shape index (κ1) is 25.2. The molecule has 7 heteroatoms. The molecule has 2 aromatic rings. The second kappa shape index (κ2) is 11.1. The van der Waals surface area contributed by atoms with E-state index in [4.69, 9.17) is 23.2 Å². The van der Waals surface area contributed by atoms with Gasteiger partial charge in [0.1, 0.15) is 31.4 Å². The maximum absolute atomic E-state index is 6.83. The van der Waals surface area contributed by atoms with Crippen molar-refractivity contribution in [3.63, 3.8) is 0 Å². The van der Waals surface area contributed by atoms with Crippen molar-refractivity contribution in [2.24, 2.45) is 0 Å². The lowest BCUT2D eigenvalue weighted by molar-refractivity contribution is 0.792. The van der Waals surface area contributed by atoms with Crippen LogP contribution in [-0.2, 0) is 6.42 Å². The molecule has 0 spiro atoms. The summed E-state index contributed by atoms with van der Waals surface area (Å²) in [6.45, 7) is 4.50. The van der Waals surface area contributed by atoms with Gasteiger partial charge in [-0.3, -0.25) is 0 Å². The molecule has 2 aromatic carbocycles. The average Bonchev–Trinajstić information content (AvgIpc) is 2.98. The van der Waals surface area contributed by atoms with Crippen LogP contribution in [0.1, 0.15) is 51.5 Å². The van der Waals surface area contributed by atoms with Crippen LogP contribution < -0.4 is 10.4 Å². The Morgan fingerprint density at radius 1 is 0.844 bits per heavy atom. The smallest absolute Gasteiger partial charge is 0.139 e. The molecule has 0 bridgehead atoms. The summed E-state index contributed by atoms with van der Waals surface area (Å²) in [5.74, 6) is 0. The molecule has 0 amide bonds. The van der Waals surface area contributed by atoms with E-state index >= 15 is 0 Å². The number of unbranched alkanes of at least 4 members (excludes halogenated alkanes) is 2. The Morgan fingerprint density at radius 3 is 2.09 bits per heavy atom. The lowest BCUT2D eigenvalue weighted by Gasteiger charge is -2.35. The third-order valence-corrected chi connectivity index (χ3v) is 7.62. The normalized spacial score (nSPS) is 16.2. The molecular formula is C25H33B4Cl2N. The number of rotatable bonds is 9. The van der Waals surface area contributed by atoms with E-state index in [2.05, 4.69) is 80.5 Å². The van der Waals surface area contributed by atoms with Crippen molar-refractivity contribution in [1.82, 2.24) is 0 Å². The van der Waals surface area contributed by atoms with Crippen molar-refractivity contribution in [1.29, 1.82) is 0 Å². The van der Waals surface area contributed by atoms with Crippen molar-refractivity contribution >= 4 is 71.4 Å². The molecule has 32 heavy (non-hydrogen) atoms. The topological polar surface area (TPSA) is 3.24 Å². The van der Waals surface area contributed by atoms with Crippen LogP contribution in [0.25, 0.3) is 0 Å². The van der Waals surface area contributed by atoms with Gasteiger partial charge in [0.2, 0.25) is 0 Å². The standard InChI is InChI=1S/C25H33B4Cl2N/c1-3-5-7-15-9-11-17(12-10-15)32(20-14-16(26)13-19(30)24(20)31)25-22(28)18(8-6-4-2)21(27)23(25)29/h9-14,25H,3-8,26-29H2,1-2H3. The Bertz CT molecular complexity index is 1030. The number of halogens is 2. The molecule has 0 aliphatic heterocycles. The van der Waals surface area contributed by atoms with E-state index < -0.39 is 0 Å². The summed E-state index contributed by atoms with van der Waals surface area (Å²) in [5, 5.41) is 1.23. The van der Waals surface area contributed by atoms with Crippen molar-refractivity contribution in [2.75, 3.05) is 4.90 Å². The molecule has 0 radical (unpaired) electrons. The van der Waals surface area contributed by atoms with E-state index in [-0.39, 0.29) is 6.04 Å². The number of anilines is 2. The minimum absolute atomic E-state index is 0.152. The summed E-state index contributed by atoms with van der Waals surface area (Å²) in [5.41, 5.74) is 10.4. The van der Waals surface area contributed by atoms with Gasteiger partial charge in [0.25, 0.3) is 0 Å². The summed E-state index contributed by atoms with van der Waals surface area (Å²) in [4.78, 5) is 2.40. The zero-order valence-corrected chi connectivity index (χ0v) is 22.0. The van der Waals surface area contributed by atoms with Crippen LogP contribution >= 0.6 is 23.2 Å². The highest BCUT2D eigenvalue weighted by atomic mass is 35.5. The molecule has 164 valence electrons. The largest absolute Gasteiger partial charge is 0.331 e. The monoisotopic (exact) mass is 461 g/mol. The molecule has 0 fully saturated rings. The predicted molar refractivity (Wildman–Crippen MR) is 155 cm³/mol. The van der Waals surface area contributed by atoms with Crippen molar-refractivity contribution in [2.45, 2.75) is 58.4 Å². The third-order valence-electron chi connectivity index (χ3n) is 6.83. The maximum atomic E-state index is 6.83. The number of hydrogen-bond acceptors (Lipinski definition) is 1. The Labute approximate surface area is 208 Å². The molecule has 1 unspecified atom stereocenters. The Balaban J connectivity index is 2.15. The van der Waals surface area contributed by atoms with Gasteiger partial charge < -0.3 is 4.90 Å². The van der Waals surface area contributed by atoms with Gasteiger partial charge in [-0.1, -0.05) is 89.5 Å². The summed E-state index contributed by atoms with van der Waals surface area (Å²) in [6.07, 6.45) is 7.10. The van der Waals surface area contributed by atoms with Gasteiger partial charge in [-0.2, -0.15) is 0 Å². The van der Waals surface area contributed by atoms with E-state index in [9.17, 15) is 0 Å². The fourth-order valence-corrected chi connectivity index (χ4v) is 5.34. The number of benzene rings is 2. The molecule has 1 nitrogen and oxygen atoms in total.